The Labute approximate surface area is 110 Å². The van der Waals surface area contributed by atoms with Crippen molar-refractivity contribution in [3.63, 3.8) is 0 Å². The fourth-order valence-electron chi connectivity index (χ4n) is 2.13. The van der Waals surface area contributed by atoms with Gasteiger partial charge in [-0.15, -0.1) is 0 Å². The Bertz CT molecular complexity index is 738. The molecule has 0 aliphatic heterocycles. The molecule has 0 bridgehead atoms. The number of rotatable bonds is 2. The molecule has 0 aliphatic rings. The Morgan fingerprint density at radius 3 is 2.68 bits per heavy atom. The van der Waals surface area contributed by atoms with Crippen molar-refractivity contribution < 1.29 is 4.39 Å². The van der Waals surface area contributed by atoms with E-state index in [0.29, 0.717) is 6.54 Å². The normalized spacial score (nSPS) is 10.8. The summed E-state index contributed by atoms with van der Waals surface area (Å²) in [5.41, 5.74) is 9.35. The molecule has 0 saturated heterocycles. The van der Waals surface area contributed by atoms with E-state index in [1.807, 2.05) is 30.3 Å². The molecule has 3 aromatic rings. The summed E-state index contributed by atoms with van der Waals surface area (Å²) in [5.74, 6) is -0.242. The number of halogens is 1. The molecule has 0 spiro atoms. The second-order valence-corrected chi connectivity index (χ2v) is 4.47. The van der Waals surface area contributed by atoms with Crippen molar-refractivity contribution in [2.75, 3.05) is 0 Å². The topological polar surface area (TPSA) is 38.9 Å². The third-order valence-corrected chi connectivity index (χ3v) is 3.14. The highest BCUT2D eigenvalue weighted by Crippen LogP contribution is 2.23. The second kappa shape index (κ2) is 4.78. The van der Waals surface area contributed by atoms with Crippen LogP contribution in [0.1, 0.15) is 5.56 Å². The molecule has 1 heterocycles. The zero-order valence-electron chi connectivity index (χ0n) is 10.3. The number of fused-ring (bicyclic) bond motifs is 1. The molecule has 3 rings (SSSR count). The summed E-state index contributed by atoms with van der Waals surface area (Å²) in [4.78, 5) is 4.40. The van der Waals surface area contributed by atoms with Crippen LogP contribution >= 0.6 is 0 Å². The van der Waals surface area contributed by atoms with Gasteiger partial charge in [-0.2, -0.15) is 0 Å². The zero-order chi connectivity index (χ0) is 13.2. The fourth-order valence-corrected chi connectivity index (χ4v) is 2.13. The van der Waals surface area contributed by atoms with Crippen LogP contribution in [0, 0.1) is 5.82 Å². The smallest absolute Gasteiger partial charge is 0.123 e. The first-order valence-electron chi connectivity index (χ1n) is 6.11. The van der Waals surface area contributed by atoms with Crippen molar-refractivity contribution in [2.45, 2.75) is 6.54 Å². The summed E-state index contributed by atoms with van der Waals surface area (Å²) in [7, 11) is 0. The van der Waals surface area contributed by atoms with E-state index in [1.165, 1.54) is 12.1 Å². The van der Waals surface area contributed by atoms with E-state index in [1.54, 1.807) is 12.3 Å². The van der Waals surface area contributed by atoms with Crippen LogP contribution in [0.5, 0.6) is 0 Å². The fraction of sp³-hybridized carbons (Fsp3) is 0.0625. The van der Waals surface area contributed by atoms with Crippen LogP contribution in [0.3, 0.4) is 0 Å². The predicted octanol–water partition coefficient (Wildman–Crippen LogP) is 3.50. The van der Waals surface area contributed by atoms with Gasteiger partial charge in [0.05, 0.1) is 5.52 Å². The molecular formula is C16H13FN2. The van der Waals surface area contributed by atoms with Gasteiger partial charge in [-0.3, -0.25) is 4.98 Å². The Balaban J connectivity index is 2.15. The minimum atomic E-state index is -0.242. The number of benzene rings is 2. The van der Waals surface area contributed by atoms with E-state index < -0.39 is 0 Å². The van der Waals surface area contributed by atoms with E-state index in [9.17, 15) is 4.39 Å². The third-order valence-electron chi connectivity index (χ3n) is 3.14. The van der Waals surface area contributed by atoms with Crippen LogP contribution in [-0.4, -0.2) is 4.98 Å². The van der Waals surface area contributed by atoms with Gasteiger partial charge in [0.2, 0.25) is 0 Å². The molecule has 94 valence electrons. The maximum absolute atomic E-state index is 13.2. The summed E-state index contributed by atoms with van der Waals surface area (Å²) in [6, 6.07) is 14.5. The molecule has 0 atom stereocenters. The van der Waals surface area contributed by atoms with Crippen LogP contribution in [-0.2, 0) is 6.54 Å². The lowest BCUT2D eigenvalue weighted by atomic mass is 10.0. The van der Waals surface area contributed by atoms with Crippen molar-refractivity contribution in [3.05, 3.63) is 66.1 Å². The van der Waals surface area contributed by atoms with Gasteiger partial charge < -0.3 is 5.73 Å². The molecule has 0 unspecified atom stereocenters. The van der Waals surface area contributed by atoms with Gasteiger partial charge in [0, 0.05) is 23.7 Å². The third kappa shape index (κ3) is 2.33. The average molecular weight is 252 g/mol. The monoisotopic (exact) mass is 252 g/mol. The molecule has 0 amide bonds. The van der Waals surface area contributed by atoms with E-state index in [-0.39, 0.29) is 5.82 Å². The lowest BCUT2D eigenvalue weighted by molar-refractivity contribution is 0.628. The highest BCUT2D eigenvalue weighted by Gasteiger charge is 2.03. The second-order valence-electron chi connectivity index (χ2n) is 4.47. The van der Waals surface area contributed by atoms with Crippen molar-refractivity contribution in [1.82, 2.24) is 4.98 Å². The van der Waals surface area contributed by atoms with Crippen LogP contribution in [0.25, 0.3) is 22.0 Å². The van der Waals surface area contributed by atoms with Gasteiger partial charge >= 0.3 is 0 Å². The maximum Gasteiger partial charge on any atom is 0.123 e. The Morgan fingerprint density at radius 1 is 1.00 bits per heavy atom. The van der Waals surface area contributed by atoms with Gasteiger partial charge in [-0.05, 0) is 41.5 Å². The SMILES string of the molecule is NCc1ccc2ncc(-c3cccc(F)c3)cc2c1. The number of pyridine rings is 1. The molecule has 1 aromatic heterocycles. The predicted molar refractivity (Wildman–Crippen MR) is 75.0 cm³/mol. The van der Waals surface area contributed by atoms with Crippen LogP contribution in [0.15, 0.2) is 54.7 Å². The molecule has 3 heteroatoms. The van der Waals surface area contributed by atoms with Gasteiger partial charge in [-0.25, -0.2) is 4.39 Å². The summed E-state index contributed by atoms with van der Waals surface area (Å²) in [6.07, 6.45) is 1.76. The molecule has 2 nitrogen and oxygen atoms in total. The van der Waals surface area contributed by atoms with Crippen LogP contribution < -0.4 is 5.73 Å². The lowest BCUT2D eigenvalue weighted by Crippen LogP contribution is -1.95. The molecule has 0 saturated carbocycles. The van der Waals surface area contributed by atoms with Crippen molar-refractivity contribution in [2.24, 2.45) is 5.73 Å². The van der Waals surface area contributed by atoms with Crippen molar-refractivity contribution >= 4 is 10.9 Å². The van der Waals surface area contributed by atoms with Gasteiger partial charge in [0.15, 0.2) is 0 Å². The minimum Gasteiger partial charge on any atom is -0.326 e. The standard InChI is InChI=1S/C16H13FN2/c17-15-3-1-2-12(8-15)14-7-13-6-11(9-18)4-5-16(13)19-10-14/h1-8,10H,9,18H2. The first-order valence-corrected chi connectivity index (χ1v) is 6.11. The average Bonchev–Trinajstić information content (AvgIpc) is 2.46. The number of aromatic nitrogens is 1. The lowest BCUT2D eigenvalue weighted by Gasteiger charge is -2.05. The molecule has 19 heavy (non-hydrogen) atoms. The highest BCUT2D eigenvalue weighted by molar-refractivity contribution is 5.84. The minimum absolute atomic E-state index is 0.242. The van der Waals surface area contributed by atoms with Crippen LogP contribution in [0.2, 0.25) is 0 Å². The first-order chi connectivity index (χ1) is 9.26. The molecule has 2 N–H and O–H groups in total. The molecule has 0 radical (unpaired) electrons. The van der Waals surface area contributed by atoms with Crippen LogP contribution in [0.4, 0.5) is 4.39 Å². The first kappa shape index (κ1) is 11.8. The number of nitrogens with zero attached hydrogens (tertiary/aromatic N) is 1. The molecule has 0 aliphatic carbocycles. The number of nitrogens with two attached hydrogens (primary N) is 1. The van der Waals surface area contributed by atoms with E-state index in [2.05, 4.69) is 4.98 Å². The largest absolute Gasteiger partial charge is 0.326 e. The Kier molecular flexibility index (Phi) is 2.97. The summed E-state index contributed by atoms with van der Waals surface area (Å²) < 4.78 is 13.2. The number of hydrogen-bond donors (Lipinski definition) is 1. The number of hydrogen-bond acceptors (Lipinski definition) is 2. The zero-order valence-corrected chi connectivity index (χ0v) is 10.3. The van der Waals surface area contributed by atoms with Crippen molar-refractivity contribution in [3.8, 4) is 11.1 Å². The van der Waals surface area contributed by atoms with E-state index >= 15 is 0 Å². The highest BCUT2D eigenvalue weighted by atomic mass is 19.1. The maximum atomic E-state index is 13.2. The Hall–Kier alpha value is -2.26. The molecular weight excluding hydrogens is 239 g/mol. The van der Waals surface area contributed by atoms with E-state index in [0.717, 1.165) is 27.6 Å². The molecule has 2 aromatic carbocycles. The quantitative estimate of drug-likeness (QED) is 0.758. The van der Waals surface area contributed by atoms with E-state index in [4.69, 9.17) is 5.73 Å². The summed E-state index contributed by atoms with van der Waals surface area (Å²) >= 11 is 0. The molecule has 0 fully saturated rings. The van der Waals surface area contributed by atoms with Crippen molar-refractivity contribution in [1.29, 1.82) is 0 Å². The van der Waals surface area contributed by atoms with Gasteiger partial charge in [-0.1, -0.05) is 18.2 Å². The van der Waals surface area contributed by atoms with Gasteiger partial charge in [0.25, 0.3) is 0 Å². The summed E-state index contributed by atoms with van der Waals surface area (Å²) in [5, 5.41) is 1.02. The Morgan fingerprint density at radius 2 is 1.89 bits per heavy atom. The van der Waals surface area contributed by atoms with Gasteiger partial charge in [0.1, 0.15) is 5.82 Å². The summed E-state index contributed by atoms with van der Waals surface area (Å²) in [6.45, 7) is 0.500.